The summed E-state index contributed by atoms with van der Waals surface area (Å²) in [4.78, 5) is 13.8. The fourth-order valence-corrected chi connectivity index (χ4v) is 3.01. The molecule has 2 aromatic heterocycles. The summed E-state index contributed by atoms with van der Waals surface area (Å²) in [5.41, 5.74) is 1.76. The Morgan fingerprint density at radius 1 is 1.24 bits per heavy atom. The first-order valence-corrected chi connectivity index (χ1v) is 8.48. The van der Waals surface area contributed by atoms with Gasteiger partial charge in [-0.05, 0) is 31.5 Å². The van der Waals surface area contributed by atoms with Crippen molar-refractivity contribution in [2.24, 2.45) is 0 Å². The lowest BCUT2D eigenvalue weighted by Gasteiger charge is -2.09. The number of benzene rings is 1. The number of hydrogen-bond acceptors (Lipinski definition) is 5. The SMILES string of the molecule is CCCNc1nc(-c2csc(C)n2)nc2ccc(Br)cc12. The Balaban J connectivity index is 2.16. The van der Waals surface area contributed by atoms with Crippen LogP contribution in [-0.2, 0) is 0 Å². The van der Waals surface area contributed by atoms with Crippen LogP contribution < -0.4 is 5.32 Å². The van der Waals surface area contributed by atoms with Crippen LogP contribution in [0, 0.1) is 6.92 Å². The minimum Gasteiger partial charge on any atom is -0.369 e. The Kier molecular flexibility index (Phi) is 4.17. The fourth-order valence-electron chi connectivity index (χ4n) is 2.06. The van der Waals surface area contributed by atoms with Gasteiger partial charge in [-0.15, -0.1) is 11.3 Å². The van der Waals surface area contributed by atoms with E-state index >= 15 is 0 Å². The van der Waals surface area contributed by atoms with Gasteiger partial charge in [0.1, 0.15) is 11.5 Å². The average Bonchev–Trinajstić information content (AvgIpc) is 2.91. The predicted molar refractivity (Wildman–Crippen MR) is 91.9 cm³/mol. The molecule has 0 saturated carbocycles. The largest absolute Gasteiger partial charge is 0.369 e. The Morgan fingerprint density at radius 3 is 2.81 bits per heavy atom. The molecule has 3 aromatic rings. The number of fused-ring (bicyclic) bond motifs is 1. The number of halogens is 1. The molecule has 0 aliphatic carbocycles. The van der Waals surface area contributed by atoms with Crippen LogP contribution in [0.15, 0.2) is 28.1 Å². The zero-order valence-corrected chi connectivity index (χ0v) is 14.3. The zero-order valence-electron chi connectivity index (χ0n) is 11.9. The molecule has 0 saturated heterocycles. The normalized spacial score (nSPS) is 11.0. The van der Waals surface area contributed by atoms with Crippen molar-refractivity contribution in [2.45, 2.75) is 20.3 Å². The Bertz CT molecular complexity index is 784. The van der Waals surface area contributed by atoms with Gasteiger partial charge in [0.2, 0.25) is 0 Å². The van der Waals surface area contributed by atoms with Gasteiger partial charge in [-0.25, -0.2) is 15.0 Å². The predicted octanol–water partition coefficient (Wildman–Crippen LogP) is 4.65. The molecule has 0 fully saturated rings. The molecule has 0 atom stereocenters. The van der Waals surface area contributed by atoms with Crippen LogP contribution in [0.5, 0.6) is 0 Å². The van der Waals surface area contributed by atoms with Crippen LogP contribution >= 0.6 is 27.3 Å². The Hall–Kier alpha value is -1.53. The highest BCUT2D eigenvalue weighted by atomic mass is 79.9. The zero-order chi connectivity index (χ0) is 14.8. The summed E-state index contributed by atoms with van der Waals surface area (Å²) in [6.45, 7) is 5.01. The standard InChI is InChI=1S/C15H15BrN4S/c1-3-6-17-14-11-7-10(16)4-5-12(11)19-15(20-14)13-8-21-9(2)18-13/h4-5,7-8H,3,6H2,1-2H3,(H,17,19,20). The molecular weight excluding hydrogens is 348 g/mol. The van der Waals surface area contributed by atoms with Gasteiger partial charge in [0.15, 0.2) is 5.82 Å². The first-order chi connectivity index (χ1) is 10.2. The lowest BCUT2D eigenvalue weighted by Crippen LogP contribution is -2.05. The highest BCUT2D eigenvalue weighted by molar-refractivity contribution is 9.10. The number of hydrogen-bond donors (Lipinski definition) is 1. The molecule has 0 bridgehead atoms. The van der Waals surface area contributed by atoms with Crippen molar-refractivity contribution in [3.8, 4) is 11.5 Å². The highest BCUT2D eigenvalue weighted by Gasteiger charge is 2.11. The van der Waals surface area contributed by atoms with Crippen LogP contribution in [0.3, 0.4) is 0 Å². The fraction of sp³-hybridized carbons (Fsp3) is 0.267. The maximum atomic E-state index is 4.66. The molecule has 6 heteroatoms. The van der Waals surface area contributed by atoms with E-state index in [0.717, 1.165) is 44.9 Å². The molecule has 0 unspecified atom stereocenters. The van der Waals surface area contributed by atoms with E-state index in [9.17, 15) is 0 Å². The van der Waals surface area contributed by atoms with E-state index in [1.807, 2.05) is 30.5 Å². The summed E-state index contributed by atoms with van der Waals surface area (Å²) in [5.74, 6) is 1.54. The summed E-state index contributed by atoms with van der Waals surface area (Å²) < 4.78 is 1.02. The van der Waals surface area contributed by atoms with Crippen LogP contribution in [0.25, 0.3) is 22.4 Å². The van der Waals surface area contributed by atoms with Gasteiger partial charge >= 0.3 is 0 Å². The summed E-state index contributed by atoms with van der Waals surface area (Å²) in [6, 6.07) is 6.04. The van der Waals surface area contributed by atoms with Gasteiger partial charge in [-0.3, -0.25) is 0 Å². The third kappa shape index (κ3) is 3.06. The molecule has 1 N–H and O–H groups in total. The summed E-state index contributed by atoms with van der Waals surface area (Å²) in [5, 5.41) is 7.43. The number of nitrogens with one attached hydrogen (secondary N) is 1. The van der Waals surface area contributed by atoms with Gasteiger partial charge < -0.3 is 5.32 Å². The molecule has 0 spiro atoms. The number of nitrogens with zero attached hydrogens (tertiary/aromatic N) is 3. The number of anilines is 1. The third-order valence-electron chi connectivity index (χ3n) is 3.05. The van der Waals surface area contributed by atoms with Crippen molar-refractivity contribution in [1.82, 2.24) is 15.0 Å². The molecule has 2 heterocycles. The van der Waals surface area contributed by atoms with Crippen LogP contribution in [-0.4, -0.2) is 21.5 Å². The molecule has 0 radical (unpaired) electrons. The van der Waals surface area contributed by atoms with Crippen LogP contribution in [0.2, 0.25) is 0 Å². The van der Waals surface area contributed by atoms with Crippen molar-refractivity contribution in [2.75, 3.05) is 11.9 Å². The second kappa shape index (κ2) is 6.07. The molecule has 0 aliphatic heterocycles. The first kappa shape index (κ1) is 14.4. The van der Waals surface area contributed by atoms with Crippen molar-refractivity contribution in [1.29, 1.82) is 0 Å². The number of rotatable bonds is 4. The van der Waals surface area contributed by atoms with Gasteiger partial charge in [0, 0.05) is 21.8 Å². The Labute approximate surface area is 135 Å². The summed E-state index contributed by atoms with van der Waals surface area (Å²) >= 11 is 5.12. The smallest absolute Gasteiger partial charge is 0.181 e. The third-order valence-corrected chi connectivity index (χ3v) is 4.32. The molecule has 4 nitrogen and oxygen atoms in total. The molecule has 0 aliphatic rings. The summed E-state index contributed by atoms with van der Waals surface area (Å²) in [7, 11) is 0. The number of thiazole rings is 1. The van der Waals surface area contributed by atoms with Crippen molar-refractivity contribution >= 4 is 44.0 Å². The maximum Gasteiger partial charge on any atom is 0.181 e. The maximum absolute atomic E-state index is 4.66. The topological polar surface area (TPSA) is 50.7 Å². The minimum absolute atomic E-state index is 0.674. The lowest BCUT2D eigenvalue weighted by atomic mass is 10.2. The van der Waals surface area contributed by atoms with Crippen molar-refractivity contribution in [3.05, 3.63) is 33.1 Å². The first-order valence-electron chi connectivity index (χ1n) is 6.81. The van der Waals surface area contributed by atoms with E-state index < -0.39 is 0 Å². The minimum atomic E-state index is 0.674. The number of aryl methyl sites for hydroxylation is 1. The van der Waals surface area contributed by atoms with E-state index in [-0.39, 0.29) is 0 Å². The molecule has 3 rings (SSSR count). The molecule has 1 aromatic carbocycles. The van der Waals surface area contributed by atoms with Gasteiger partial charge in [0.25, 0.3) is 0 Å². The van der Waals surface area contributed by atoms with Gasteiger partial charge in [-0.1, -0.05) is 22.9 Å². The quantitative estimate of drug-likeness (QED) is 0.733. The van der Waals surface area contributed by atoms with Crippen molar-refractivity contribution in [3.63, 3.8) is 0 Å². The van der Waals surface area contributed by atoms with E-state index in [1.54, 1.807) is 11.3 Å². The molecule has 21 heavy (non-hydrogen) atoms. The van der Waals surface area contributed by atoms with E-state index in [1.165, 1.54) is 0 Å². The van der Waals surface area contributed by atoms with Crippen LogP contribution in [0.4, 0.5) is 5.82 Å². The van der Waals surface area contributed by atoms with Crippen molar-refractivity contribution < 1.29 is 0 Å². The Morgan fingerprint density at radius 2 is 2.10 bits per heavy atom. The lowest BCUT2D eigenvalue weighted by molar-refractivity contribution is 0.970. The van der Waals surface area contributed by atoms with Gasteiger partial charge in [-0.2, -0.15) is 0 Å². The highest BCUT2D eigenvalue weighted by Crippen LogP contribution is 2.28. The van der Waals surface area contributed by atoms with Crippen LogP contribution in [0.1, 0.15) is 18.4 Å². The monoisotopic (exact) mass is 362 g/mol. The number of aromatic nitrogens is 3. The van der Waals surface area contributed by atoms with E-state index in [0.29, 0.717) is 5.82 Å². The molecular formula is C15H15BrN4S. The second-order valence-electron chi connectivity index (χ2n) is 4.74. The van der Waals surface area contributed by atoms with E-state index in [4.69, 9.17) is 0 Å². The second-order valence-corrected chi connectivity index (χ2v) is 6.71. The van der Waals surface area contributed by atoms with Gasteiger partial charge in [0.05, 0.1) is 10.5 Å². The molecule has 0 amide bonds. The molecule has 108 valence electrons. The van der Waals surface area contributed by atoms with E-state index in [2.05, 4.69) is 43.1 Å². The average molecular weight is 363 g/mol. The summed E-state index contributed by atoms with van der Waals surface area (Å²) in [6.07, 6.45) is 1.05.